The Bertz CT molecular complexity index is 330. The second-order valence-corrected chi connectivity index (χ2v) is 7.29. The summed E-state index contributed by atoms with van der Waals surface area (Å²) >= 11 is 0. The van der Waals surface area contributed by atoms with Crippen LogP contribution in [0.15, 0.2) is 30.3 Å². The van der Waals surface area contributed by atoms with Gasteiger partial charge in [-0.2, -0.15) is 31.0 Å². The molecule has 1 rings (SSSR count). The van der Waals surface area contributed by atoms with Crippen molar-refractivity contribution >= 4 is 35.5 Å². The Kier molecular flexibility index (Phi) is 40.3. The first kappa shape index (κ1) is 35.5. The minimum Gasteiger partial charge on any atom is -0.344 e. The van der Waals surface area contributed by atoms with E-state index < -0.39 is 0 Å². The maximum Gasteiger partial charge on any atom is 2.00 e. The van der Waals surface area contributed by atoms with E-state index in [0.29, 0.717) is 0 Å². The summed E-state index contributed by atoms with van der Waals surface area (Å²) in [7, 11) is 0. The van der Waals surface area contributed by atoms with Crippen molar-refractivity contribution in [2.45, 2.75) is 110 Å². The van der Waals surface area contributed by atoms with Gasteiger partial charge >= 0.3 is 23.1 Å². The largest absolute Gasteiger partial charge is 2.00 e. The number of hydrogen-bond donors (Lipinski definition) is 1. The van der Waals surface area contributed by atoms with Crippen LogP contribution in [0.5, 0.6) is 0 Å². The Balaban J connectivity index is -0.000000244. The zero-order valence-electron chi connectivity index (χ0n) is 18.9. The SMILES string of the molecule is Cl.N.[CH2-]CCCCCCCCCCCCCCCCC.[CH2-]c1ccccc1.[Mg+2]. The molecule has 0 spiro atoms. The summed E-state index contributed by atoms with van der Waals surface area (Å²) in [5.41, 5.74) is 1.07. The van der Waals surface area contributed by atoms with Crippen molar-refractivity contribution in [3.05, 3.63) is 49.7 Å². The van der Waals surface area contributed by atoms with Crippen LogP contribution in [-0.4, -0.2) is 23.1 Å². The van der Waals surface area contributed by atoms with E-state index in [1.807, 2.05) is 30.3 Å². The molecule has 0 aliphatic carbocycles. The number of unbranched alkanes of at least 4 members (excludes halogenated alkanes) is 15. The van der Waals surface area contributed by atoms with Crippen molar-refractivity contribution in [1.29, 1.82) is 0 Å². The fourth-order valence-electron chi connectivity index (χ4n) is 3.03. The van der Waals surface area contributed by atoms with Crippen molar-refractivity contribution < 1.29 is 0 Å². The van der Waals surface area contributed by atoms with E-state index in [9.17, 15) is 0 Å². The zero-order valence-corrected chi connectivity index (χ0v) is 21.2. The van der Waals surface area contributed by atoms with E-state index >= 15 is 0 Å². The van der Waals surface area contributed by atoms with Gasteiger partial charge in [0.1, 0.15) is 0 Å². The van der Waals surface area contributed by atoms with E-state index in [1.165, 1.54) is 96.3 Å². The van der Waals surface area contributed by atoms with Gasteiger partial charge in [0.05, 0.1) is 0 Å². The summed E-state index contributed by atoms with van der Waals surface area (Å²) in [6.07, 6.45) is 22.8. The minimum atomic E-state index is 0. The van der Waals surface area contributed by atoms with Crippen molar-refractivity contribution in [2.75, 3.05) is 0 Å². The van der Waals surface area contributed by atoms with Gasteiger partial charge in [0.25, 0.3) is 0 Å². The number of hydrogen-bond acceptors (Lipinski definition) is 1. The number of halogens is 1. The second-order valence-electron chi connectivity index (χ2n) is 7.29. The molecule has 0 amide bonds. The van der Waals surface area contributed by atoms with Crippen LogP contribution in [0.25, 0.3) is 0 Å². The van der Waals surface area contributed by atoms with Gasteiger partial charge in [-0.15, -0.1) is 24.5 Å². The van der Waals surface area contributed by atoms with Crippen LogP contribution in [0, 0.1) is 13.8 Å². The molecule has 1 nitrogen and oxygen atoms in total. The monoisotopic (exact) mass is 421 g/mol. The first-order chi connectivity index (χ1) is 12.3. The first-order valence-electron chi connectivity index (χ1n) is 11.0. The molecule has 1 aromatic rings. The van der Waals surface area contributed by atoms with Gasteiger partial charge in [-0.3, -0.25) is 0 Å². The van der Waals surface area contributed by atoms with Gasteiger partial charge in [-0.1, -0.05) is 109 Å². The van der Waals surface area contributed by atoms with E-state index in [0.717, 1.165) is 12.0 Å². The van der Waals surface area contributed by atoms with Crippen LogP contribution in [0.2, 0.25) is 0 Å². The van der Waals surface area contributed by atoms with Gasteiger partial charge in [0, 0.05) is 0 Å². The molecule has 3 N–H and O–H groups in total. The second kappa shape index (κ2) is 31.8. The molecule has 0 heterocycles. The molecule has 0 saturated carbocycles. The van der Waals surface area contributed by atoms with Crippen LogP contribution >= 0.6 is 12.4 Å². The smallest absolute Gasteiger partial charge is 0.344 e. The maximum absolute atomic E-state index is 3.88. The predicted octanol–water partition coefficient (Wildman–Crippen LogP) is 9.15. The van der Waals surface area contributed by atoms with Crippen molar-refractivity contribution in [2.24, 2.45) is 0 Å². The Morgan fingerprint density at radius 1 is 0.607 bits per heavy atom. The average Bonchev–Trinajstić information content (AvgIpc) is 2.63. The molecule has 3 heteroatoms. The van der Waals surface area contributed by atoms with Gasteiger partial charge in [-0.05, 0) is 0 Å². The molecule has 0 radical (unpaired) electrons. The number of rotatable bonds is 15. The van der Waals surface area contributed by atoms with Crippen LogP contribution < -0.4 is 6.15 Å². The summed E-state index contributed by atoms with van der Waals surface area (Å²) in [6.45, 7) is 9.90. The van der Waals surface area contributed by atoms with E-state index in [4.69, 9.17) is 0 Å². The van der Waals surface area contributed by atoms with Crippen LogP contribution in [0.3, 0.4) is 0 Å². The normalized spacial score (nSPS) is 9.21. The molecule has 0 fully saturated rings. The molecular formula is C25H48ClMgN. The third kappa shape index (κ3) is 30.8. The van der Waals surface area contributed by atoms with Crippen LogP contribution in [0.4, 0.5) is 0 Å². The van der Waals surface area contributed by atoms with Crippen molar-refractivity contribution in [3.63, 3.8) is 0 Å². The van der Waals surface area contributed by atoms with Crippen LogP contribution in [0.1, 0.15) is 115 Å². The molecule has 162 valence electrons. The van der Waals surface area contributed by atoms with E-state index in [2.05, 4.69) is 20.8 Å². The molecule has 0 bridgehead atoms. The topological polar surface area (TPSA) is 35.0 Å². The number of benzene rings is 1. The van der Waals surface area contributed by atoms with E-state index in [1.54, 1.807) is 0 Å². The van der Waals surface area contributed by atoms with Gasteiger partial charge in [-0.25, -0.2) is 0 Å². The third-order valence-electron chi connectivity index (χ3n) is 4.70. The Morgan fingerprint density at radius 2 is 0.929 bits per heavy atom. The fourth-order valence-corrected chi connectivity index (χ4v) is 3.03. The quantitative estimate of drug-likeness (QED) is 0.171. The average molecular weight is 422 g/mol. The Hall–Kier alpha value is 0.106. The fraction of sp³-hybridized carbons (Fsp3) is 0.680. The van der Waals surface area contributed by atoms with E-state index in [-0.39, 0.29) is 41.6 Å². The summed E-state index contributed by atoms with van der Waals surface area (Å²) in [6, 6.07) is 9.87. The molecule has 0 aliphatic rings. The summed E-state index contributed by atoms with van der Waals surface area (Å²) < 4.78 is 0. The van der Waals surface area contributed by atoms with Crippen molar-refractivity contribution in [3.8, 4) is 0 Å². The molecule has 0 aliphatic heterocycles. The molecule has 0 aromatic heterocycles. The first-order valence-corrected chi connectivity index (χ1v) is 11.0. The Morgan fingerprint density at radius 3 is 1.18 bits per heavy atom. The molecule has 0 atom stereocenters. The van der Waals surface area contributed by atoms with Gasteiger partial charge in [0.15, 0.2) is 0 Å². The summed E-state index contributed by atoms with van der Waals surface area (Å²) in [5, 5.41) is 0. The molecule has 0 unspecified atom stereocenters. The molecule has 1 aromatic carbocycles. The van der Waals surface area contributed by atoms with Gasteiger partial charge < -0.3 is 13.1 Å². The third-order valence-corrected chi connectivity index (χ3v) is 4.70. The predicted molar refractivity (Wildman–Crippen MR) is 134 cm³/mol. The molecule has 28 heavy (non-hydrogen) atoms. The summed E-state index contributed by atoms with van der Waals surface area (Å²) in [5.74, 6) is 0. The zero-order chi connectivity index (χ0) is 18.4. The minimum absolute atomic E-state index is 0. The summed E-state index contributed by atoms with van der Waals surface area (Å²) in [4.78, 5) is 0. The molecular weight excluding hydrogens is 374 g/mol. The van der Waals surface area contributed by atoms with Gasteiger partial charge in [0.2, 0.25) is 0 Å². The molecule has 0 saturated heterocycles. The van der Waals surface area contributed by atoms with Crippen LogP contribution in [-0.2, 0) is 0 Å². The van der Waals surface area contributed by atoms with Crippen molar-refractivity contribution in [1.82, 2.24) is 6.15 Å². The maximum atomic E-state index is 3.88. The Labute approximate surface area is 200 Å². The standard InChI is InChI=1S/C18H37.C7H7.ClH.Mg.H3N/c1-3-5-7-9-11-13-15-17-18-16-14-12-10-8-6-4-2;1-7-5-3-2-4-6-7;;;/h1,3-18H2,2H3;2-6H,1H2;1H;;1H3/q2*-1;;+2;.